The summed E-state index contributed by atoms with van der Waals surface area (Å²) in [5.74, 6) is -1.60. The summed E-state index contributed by atoms with van der Waals surface area (Å²) in [6.07, 6.45) is -1.97. The summed E-state index contributed by atoms with van der Waals surface area (Å²) < 4.78 is 0. The van der Waals surface area contributed by atoms with Crippen molar-refractivity contribution in [2.75, 3.05) is 0 Å². The minimum atomic E-state index is -1.23. The van der Waals surface area contributed by atoms with Crippen molar-refractivity contribution >= 4 is 5.97 Å². The van der Waals surface area contributed by atoms with Gasteiger partial charge in [-0.2, -0.15) is 0 Å². The molecule has 5 heteroatoms. The van der Waals surface area contributed by atoms with Crippen LogP contribution in [0.4, 0.5) is 0 Å². The zero-order valence-electron chi connectivity index (χ0n) is 8.79. The topological polar surface area (TPSA) is 98.0 Å². The van der Waals surface area contributed by atoms with Gasteiger partial charge in [-0.3, -0.25) is 0 Å². The van der Waals surface area contributed by atoms with Crippen LogP contribution in [0.1, 0.15) is 22.8 Å². The fourth-order valence-electron chi connectivity index (χ4n) is 1.32. The summed E-state index contributed by atoms with van der Waals surface area (Å²) in [6.45, 7) is 1.42. The minimum Gasteiger partial charge on any atom is -0.507 e. The third-order valence-electron chi connectivity index (χ3n) is 2.34. The highest BCUT2D eigenvalue weighted by atomic mass is 16.4. The van der Waals surface area contributed by atoms with E-state index < -0.39 is 18.2 Å². The molecule has 0 spiro atoms. The van der Waals surface area contributed by atoms with Crippen LogP contribution in [0.5, 0.6) is 5.75 Å². The highest BCUT2D eigenvalue weighted by Gasteiger charge is 2.17. The Morgan fingerprint density at radius 2 is 2.00 bits per heavy atom. The number of aliphatic hydroxyl groups excluding tert-OH is 2. The van der Waals surface area contributed by atoms with E-state index in [2.05, 4.69) is 0 Å². The second-order valence-electron chi connectivity index (χ2n) is 3.63. The number of rotatable bonds is 4. The molecule has 5 nitrogen and oxygen atoms in total. The molecule has 16 heavy (non-hydrogen) atoms. The number of hydrogen-bond acceptors (Lipinski definition) is 4. The van der Waals surface area contributed by atoms with Crippen molar-refractivity contribution in [1.82, 2.24) is 0 Å². The first kappa shape index (κ1) is 12.5. The summed E-state index contributed by atoms with van der Waals surface area (Å²) in [7, 11) is 0. The number of phenols is 1. The first-order valence-electron chi connectivity index (χ1n) is 4.83. The quantitative estimate of drug-likeness (QED) is 0.594. The molecular formula is C11H14O5. The van der Waals surface area contributed by atoms with E-state index >= 15 is 0 Å². The summed E-state index contributed by atoms with van der Waals surface area (Å²) in [5, 5.41) is 36.9. The Morgan fingerprint density at radius 3 is 2.50 bits per heavy atom. The maximum absolute atomic E-state index is 10.7. The number of hydrogen-bond donors (Lipinski definition) is 4. The van der Waals surface area contributed by atoms with Gasteiger partial charge in [0.2, 0.25) is 0 Å². The van der Waals surface area contributed by atoms with Gasteiger partial charge >= 0.3 is 5.97 Å². The normalized spacial score (nSPS) is 14.4. The van der Waals surface area contributed by atoms with Crippen LogP contribution in [0.15, 0.2) is 18.2 Å². The monoisotopic (exact) mass is 226 g/mol. The van der Waals surface area contributed by atoms with E-state index in [1.54, 1.807) is 0 Å². The molecule has 0 saturated carbocycles. The Morgan fingerprint density at radius 1 is 1.38 bits per heavy atom. The number of carbonyl (C=O) groups is 1. The van der Waals surface area contributed by atoms with Crippen LogP contribution in [0.2, 0.25) is 0 Å². The minimum absolute atomic E-state index is 0.00458. The number of benzene rings is 1. The first-order chi connectivity index (χ1) is 7.43. The predicted octanol–water partition coefficient (Wildman–Crippen LogP) is 0.375. The number of aliphatic hydroxyl groups is 2. The lowest BCUT2D eigenvalue weighted by Crippen LogP contribution is -2.24. The lowest BCUT2D eigenvalue weighted by atomic mass is 10.0. The van der Waals surface area contributed by atoms with Crippen LogP contribution in [-0.4, -0.2) is 38.6 Å². The Labute approximate surface area is 92.6 Å². The van der Waals surface area contributed by atoms with E-state index in [0.29, 0.717) is 5.56 Å². The maximum Gasteiger partial charge on any atom is 0.339 e. The molecule has 1 aromatic rings. The van der Waals surface area contributed by atoms with E-state index in [1.807, 2.05) is 0 Å². The molecule has 4 N–H and O–H groups in total. The summed E-state index contributed by atoms with van der Waals surface area (Å²) in [6, 6.07) is 4.26. The second-order valence-corrected chi connectivity index (χ2v) is 3.63. The SMILES string of the molecule is CC(O)C(O)Cc1cccc(C(=O)O)c1O. The molecule has 0 saturated heterocycles. The number of carboxylic acids is 1. The van der Waals surface area contributed by atoms with Crippen molar-refractivity contribution in [3.63, 3.8) is 0 Å². The molecule has 0 amide bonds. The smallest absolute Gasteiger partial charge is 0.339 e. The predicted molar refractivity (Wildman–Crippen MR) is 56.5 cm³/mol. The van der Waals surface area contributed by atoms with Crippen LogP contribution in [0, 0.1) is 0 Å². The van der Waals surface area contributed by atoms with Crippen molar-refractivity contribution in [2.45, 2.75) is 25.6 Å². The van der Waals surface area contributed by atoms with E-state index in [9.17, 15) is 15.0 Å². The Bertz CT molecular complexity index is 386. The van der Waals surface area contributed by atoms with Gasteiger partial charge in [-0.15, -0.1) is 0 Å². The van der Waals surface area contributed by atoms with Crippen LogP contribution < -0.4 is 0 Å². The van der Waals surface area contributed by atoms with E-state index in [4.69, 9.17) is 10.2 Å². The Kier molecular flexibility index (Phi) is 3.87. The summed E-state index contributed by atoms with van der Waals surface area (Å²) in [5.41, 5.74) is 0.0867. The van der Waals surface area contributed by atoms with Gasteiger partial charge in [0, 0.05) is 6.42 Å². The summed E-state index contributed by atoms with van der Waals surface area (Å²) >= 11 is 0. The molecule has 2 unspecified atom stereocenters. The van der Waals surface area contributed by atoms with Crippen molar-refractivity contribution in [3.8, 4) is 5.75 Å². The van der Waals surface area contributed by atoms with Crippen LogP contribution in [0.25, 0.3) is 0 Å². The molecular weight excluding hydrogens is 212 g/mol. The number of carboxylic acid groups (broad SMARTS) is 1. The molecule has 0 radical (unpaired) electrons. The molecule has 0 fully saturated rings. The van der Waals surface area contributed by atoms with Gasteiger partial charge in [-0.1, -0.05) is 12.1 Å². The molecule has 0 heterocycles. The highest BCUT2D eigenvalue weighted by molar-refractivity contribution is 5.91. The van der Waals surface area contributed by atoms with E-state index in [1.165, 1.54) is 25.1 Å². The van der Waals surface area contributed by atoms with Crippen molar-refractivity contribution in [1.29, 1.82) is 0 Å². The van der Waals surface area contributed by atoms with Crippen LogP contribution in [-0.2, 0) is 6.42 Å². The second kappa shape index (κ2) is 4.96. The third kappa shape index (κ3) is 2.71. The lowest BCUT2D eigenvalue weighted by Gasteiger charge is -2.14. The molecule has 2 atom stereocenters. The molecule has 0 aromatic heterocycles. The molecule has 0 aliphatic heterocycles. The third-order valence-corrected chi connectivity index (χ3v) is 2.34. The van der Waals surface area contributed by atoms with Gasteiger partial charge in [-0.25, -0.2) is 4.79 Å². The fraction of sp³-hybridized carbons (Fsp3) is 0.364. The van der Waals surface area contributed by atoms with E-state index in [-0.39, 0.29) is 17.7 Å². The first-order valence-corrected chi connectivity index (χ1v) is 4.83. The standard InChI is InChI=1S/C11H14O5/c1-6(12)9(13)5-7-3-2-4-8(10(7)14)11(15)16/h2-4,6,9,12-14H,5H2,1H3,(H,15,16). The van der Waals surface area contributed by atoms with Gasteiger partial charge in [-0.05, 0) is 18.6 Å². The van der Waals surface area contributed by atoms with Gasteiger partial charge < -0.3 is 20.4 Å². The van der Waals surface area contributed by atoms with Crippen LogP contribution in [0.3, 0.4) is 0 Å². The molecule has 1 aromatic carbocycles. The number of para-hydroxylation sites is 1. The van der Waals surface area contributed by atoms with Crippen molar-refractivity contribution < 1.29 is 25.2 Å². The molecule has 0 aliphatic rings. The zero-order chi connectivity index (χ0) is 12.3. The molecule has 88 valence electrons. The van der Waals surface area contributed by atoms with E-state index in [0.717, 1.165) is 0 Å². The number of aromatic hydroxyl groups is 1. The zero-order valence-corrected chi connectivity index (χ0v) is 8.79. The number of aromatic carboxylic acids is 1. The van der Waals surface area contributed by atoms with Gasteiger partial charge in [0.15, 0.2) is 0 Å². The maximum atomic E-state index is 10.7. The van der Waals surface area contributed by atoms with Gasteiger partial charge in [0.05, 0.1) is 12.2 Å². The molecule has 0 bridgehead atoms. The molecule has 0 aliphatic carbocycles. The lowest BCUT2D eigenvalue weighted by molar-refractivity contribution is 0.0316. The fourth-order valence-corrected chi connectivity index (χ4v) is 1.32. The van der Waals surface area contributed by atoms with Gasteiger partial charge in [0.25, 0.3) is 0 Å². The van der Waals surface area contributed by atoms with Crippen molar-refractivity contribution in [2.24, 2.45) is 0 Å². The largest absolute Gasteiger partial charge is 0.507 e. The summed E-state index contributed by atoms with van der Waals surface area (Å²) in [4.78, 5) is 10.7. The average molecular weight is 226 g/mol. The Balaban J connectivity index is 2.98. The highest BCUT2D eigenvalue weighted by Crippen LogP contribution is 2.24. The molecule has 1 rings (SSSR count). The average Bonchev–Trinajstić information content (AvgIpc) is 2.20. The van der Waals surface area contributed by atoms with Crippen molar-refractivity contribution in [3.05, 3.63) is 29.3 Å². The van der Waals surface area contributed by atoms with Gasteiger partial charge in [0.1, 0.15) is 11.3 Å². The van der Waals surface area contributed by atoms with Crippen LogP contribution >= 0.6 is 0 Å². The Hall–Kier alpha value is -1.59.